The fraction of sp³-hybridized carbons (Fsp3) is 0.778. The number of aromatic nitrogens is 2. The van der Waals surface area contributed by atoms with Gasteiger partial charge in [0.2, 0.25) is 0 Å². The molecule has 1 aromatic heterocycles. The molecule has 21 heavy (non-hydrogen) atoms. The van der Waals surface area contributed by atoms with Crippen LogP contribution in [0.25, 0.3) is 0 Å². The van der Waals surface area contributed by atoms with Gasteiger partial charge in [0.1, 0.15) is 0 Å². The molecule has 3 nitrogen and oxygen atoms in total. The fourth-order valence-electron chi connectivity index (χ4n) is 3.60. The van der Waals surface area contributed by atoms with Gasteiger partial charge in [0, 0.05) is 18.6 Å². The summed E-state index contributed by atoms with van der Waals surface area (Å²) >= 11 is 0. The van der Waals surface area contributed by atoms with E-state index in [-0.39, 0.29) is 0 Å². The third-order valence-electron chi connectivity index (χ3n) is 4.98. The van der Waals surface area contributed by atoms with E-state index in [1.807, 2.05) is 12.4 Å². The Hall–Kier alpha value is -0.960. The maximum Gasteiger partial charge on any atom is 0.0758 e. The van der Waals surface area contributed by atoms with Crippen LogP contribution < -0.4 is 5.32 Å². The molecule has 1 fully saturated rings. The van der Waals surface area contributed by atoms with Crippen LogP contribution in [-0.2, 0) is 0 Å². The second-order valence-electron chi connectivity index (χ2n) is 7.54. The lowest BCUT2D eigenvalue weighted by Crippen LogP contribution is -2.34. The van der Waals surface area contributed by atoms with Gasteiger partial charge in [-0.2, -0.15) is 0 Å². The summed E-state index contributed by atoms with van der Waals surface area (Å²) < 4.78 is 0. The van der Waals surface area contributed by atoms with Crippen molar-refractivity contribution in [1.82, 2.24) is 15.3 Å². The van der Waals surface area contributed by atoms with E-state index in [0.717, 1.165) is 24.6 Å². The Labute approximate surface area is 130 Å². The predicted octanol–water partition coefficient (Wildman–Crippen LogP) is 4.37. The molecule has 0 saturated heterocycles. The molecule has 1 aliphatic carbocycles. The third-order valence-corrected chi connectivity index (χ3v) is 4.98. The van der Waals surface area contributed by atoms with E-state index in [0.29, 0.717) is 17.4 Å². The summed E-state index contributed by atoms with van der Waals surface area (Å²) in [7, 11) is 0. The molecule has 118 valence electrons. The Balaban J connectivity index is 2.02. The van der Waals surface area contributed by atoms with Gasteiger partial charge in [-0.1, -0.05) is 27.7 Å². The molecule has 0 radical (unpaired) electrons. The standard InChI is InChI=1S/C18H31N3/c1-5-10-21-17(16-13-19-11-12-20-16)14-6-8-15(9-7-14)18(2,3)4/h11-15,17,21H,5-10H2,1-4H3. The summed E-state index contributed by atoms with van der Waals surface area (Å²) in [6.07, 6.45) is 12.0. The zero-order chi connectivity index (χ0) is 15.3. The minimum Gasteiger partial charge on any atom is -0.308 e. The van der Waals surface area contributed by atoms with E-state index in [2.05, 4.69) is 43.0 Å². The molecule has 0 bridgehead atoms. The molecule has 0 amide bonds. The molecular weight excluding hydrogens is 258 g/mol. The van der Waals surface area contributed by atoms with Crippen molar-refractivity contribution < 1.29 is 0 Å². The minimum atomic E-state index is 0.375. The van der Waals surface area contributed by atoms with Gasteiger partial charge in [-0.25, -0.2) is 0 Å². The molecule has 1 unspecified atom stereocenters. The molecule has 3 heteroatoms. The highest BCUT2D eigenvalue weighted by molar-refractivity contribution is 5.05. The van der Waals surface area contributed by atoms with Crippen molar-refractivity contribution in [2.75, 3.05) is 6.54 Å². The minimum absolute atomic E-state index is 0.375. The second kappa shape index (κ2) is 7.35. The van der Waals surface area contributed by atoms with Crippen LogP contribution in [0.2, 0.25) is 0 Å². The second-order valence-corrected chi connectivity index (χ2v) is 7.54. The molecule has 1 aromatic rings. The van der Waals surface area contributed by atoms with Crippen molar-refractivity contribution >= 4 is 0 Å². The Morgan fingerprint density at radius 1 is 1.19 bits per heavy atom. The summed E-state index contributed by atoms with van der Waals surface area (Å²) in [6, 6.07) is 0.375. The average molecular weight is 289 g/mol. The van der Waals surface area contributed by atoms with E-state index in [9.17, 15) is 0 Å². The van der Waals surface area contributed by atoms with E-state index < -0.39 is 0 Å². The Morgan fingerprint density at radius 2 is 1.90 bits per heavy atom. The van der Waals surface area contributed by atoms with E-state index >= 15 is 0 Å². The molecule has 1 aliphatic rings. The Kier molecular flexibility index (Phi) is 5.74. The quantitative estimate of drug-likeness (QED) is 0.874. The van der Waals surface area contributed by atoms with Crippen LogP contribution in [-0.4, -0.2) is 16.5 Å². The maximum absolute atomic E-state index is 4.55. The van der Waals surface area contributed by atoms with Gasteiger partial charge in [0.25, 0.3) is 0 Å². The molecular formula is C18H31N3. The van der Waals surface area contributed by atoms with Gasteiger partial charge in [0.05, 0.1) is 11.7 Å². The lowest BCUT2D eigenvalue weighted by molar-refractivity contribution is 0.131. The number of nitrogens with zero attached hydrogens (tertiary/aromatic N) is 2. The van der Waals surface area contributed by atoms with Gasteiger partial charge in [-0.05, 0) is 55.9 Å². The SMILES string of the molecule is CCCNC(c1cnccn1)C1CCC(C(C)(C)C)CC1. The van der Waals surface area contributed by atoms with Crippen LogP contribution in [0.4, 0.5) is 0 Å². The normalized spacial score (nSPS) is 24.8. The largest absolute Gasteiger partial charge is 0.308 e. The van der Waals surface area contributed by atoms with Crippen molar-refractivity contribution in [2.24, 2.45) is 17.3 Å². The van der Waals surface area contributed by atoms with Crippen molar-refractivity contribution in [3.63, 3.8) is 0 Å². The smallest absolute Gasteiger partial charge is 0.0758 e. The van der Waals surface area contributed by atoms with E-state index in [1.165, 1.54) is 25.7 Å². The Morgan fingerprint density at radius 3 is 2.43 bits per heavy atom. The number of hydrogen-bond donors (Lipinski definition) is 1. The first-order valence-electron chi connectivity index (χ1n) is 8.51. The summed E-state index contributed by atoms with van der Waals surface area (Å²) in [6.45, 7) is 10.4. The molecule has 1 heterocycles. The van der Waals surface area contributed by atoms with Gasteiger partial charge in [0.15, 0.2) is 0 Å². The molecule has 0 aliphatic heterocycles. The highest BCUT2D eigenvalue weighted by Gasteiger charge is 2.33. The molecule has 0 aromatic carbocycles. The first-order valence-corrected chi connectivity index (χ1v) is 8.51. The van der Waals surface area contributed by atoms with Crippen LogP contribution in [0.1, 0.15) is 71.5 Å². The monoisotopic (exact) mass is 289 g/mol. The molecule has 0 spiro atoms. The fourth-order valence-corrected chi connectivity index (χ4v) is 3.60. The molecule has 1 atom stereocenters. The van der Waals surface area contributed by atoms with Crippen LogP contribution in [0.15, 0.2) is 18.6 Å². The van der Waals surface area contributed by atoms with E-state index in [1.54, 1.807) is 6.20 Å². The number of hydrogen-bond acceptors (Lipinski definition) is 3. The van der Waals surface area contributed by atoms with Crippen LogP contribution in [0.5, 0.6) is 0 Å². The first-order chi connectivity index (χ1) is 10.0. The van der Waals surface area contributed by atoms with Crippen molar-refractivity contribution in [2.45, 2.75) is 65.8 Å². The average Bonchev–Trinajstić information content (AvgIpc) is 2.48. The Bertz CT molecular complexity index is 402. The topological polar surface area (TPSA) is 37.8 Å². The zero-order valence-corrected chi connectivity index (χ0v) is 14.1. The number of nitrogens with one attached hydrogen (secondary N) is 1. The van der Waals surface area contributed by atoms with Crippen molar-refractivity contribution in [3.8, 4) is 0 Å². The number of rotatable bonds is 5. The zero-order valence-electron chi connectivity index (χ0n) is 14.1. The lowest BCUT2D eigenvalue weighted by Gasteiger charge is -2.39. The summed E-state index contributed by atoms with van der Waals surface area (Å²) in [5.74, 6) is 1.56. The maximum atomic E-state index is 4.55. The van der Waals surface area contributed by atoms with Gasteiger partial charge < -0.3 is 5.32 Å². The molecule has 1 saturated carbocycles. The third kappa shape index (κ3) is 4.50. The first kappa shape index (κ1) is 16.4. The molecule has 2 rings (SSSR count). The lowest BCUT2D eigenvalue weighted by atomic mass is 9.68. The highest BCUT2D eigenvalue weighted by Crippen LogP contribution is 2.43. The van der Waals surface area contributed by atoms with Gasteiger partial charge in [-0.15, -0.1) is 0 Å². The highest BCUT2D eigenvalue weighted by atomic mass is 15.0. The molecule has 1 N–H and O–H groups in total. The summed E-state index contributed by atoms with van der Waals surface area (Å²) in [5.41, 5.74) is 1.56. The predicted molar refractivity (Wildman–Crippen MR) is 88.0 cm³/mol. The van der Waals surface area contributed by atoms with Gasteiger partial charge >= 0.3 is 0 Å². The van der Waals surface area contributed by atoms with Crippen LogP contribution >= 0.6 is 0 Å². The van der Waals surface area contributed by atoms with E-state index in [4.69, 9.17) is 0 Å². The van der Waals surface area contributed by atoms with Crippen LogP contribution in [0, 0.1) is 17.3 Å². The summed E-state index contributed by atoms with van der Waals surface area (Å²) in [4.78, 5) is 8.81. The van der Waals surface area contributed by atoms with Crippen LogP contribution in [0.3, 0.4) is 0 Å². The van der Waals surface area contributed by atoms with Gasteiger partial charge in [-0.3, -0.25) is 9.97 Å². The summed E-state index contributed by atoms with van der Waals surface area (Å²) in [5, 5.41) is 3.71. The van der Waals surface area contributed by atoms with Crippen molar-refractivity contribution in [3.05, 3.63) is 24.3 Å². The van der Waals surface area contributed by atoms with Crippen molar-refractivity contribution in [1.29, 1.82) is 0 Å².